The summed E-state index contributed by atoms with van der Waals surface area (Å²) in [6.45, 7) is 0.960. The van der Waals surface area contributed by atoms with Gasteiger partial charge in [0.15, 0.2) is 0 Å². The van der Waals surface area contributed by atoms with E-state index in [1.807, 2.05) is 0 Å². The van der Waals surface area contributed by atoms with E-state index in [0.29, 0.717) is 11.3 Å². The third-order valence-electron chi connectivity index (χ3n) is 4.66. The molecule has 176 valence electrons. The van der Waals surface area contributed by atoms with Gasteiger partial charge in [-0.2, -0.15) is 5.10 Å². The van der Waals surface area contributed by atoms with Crippen LogP contribution in [0.5, 0.6) is 0 Å². The van der Waals surface area contributed by atoms with Gasteiger partial charge in [0.1, 0.15) is 6.54 Å². The van der Waals surface area contributed by atoms with Gasteiger partial charge in [0.2, 0.25) is 0 Å². The number of non-ortho nitro benzene ring substituents is 1. The van der Waals surface area contributed by atoms with Crippen LogP contribution in [0.25, 0.3) is 0 Å². The van der Waals surface area contributed by atoms with Crippen molar-refractivity contribution in [2.24, 2.45) is 5.10 Å². The van der Waals surface area contributed by atoms with Gasteiger partial charge in [-0.25, -0.2) is 13.8 Å². The summed E-state index contributed by atoms with van der Waals surface area (Å²) in [4.78, 5) is 22.9. The van der Waals surface area contributed by atoms with Crippen molar-refractivity contribution in [3.63, 3.8) is 0 Å². The molecule has 1 amide bonds. The Bertz CT molecular complexity index is 1350. The van der Waals surface area contributed by atoms with E-state index in [4.69, 9.17) is 23.2 Å². The zero-order chi connectivity index (χ0) is 24.9. The molecule has 0 aliphatic carbocycles. The summed E-state index contributed by atoms with van der Waals surface area (Å²) >= 11 is 12.3. The van der Waals surface area contributed by atoms with Crippen LogP contribution in [0.3, 0.4) is 0 Å². The van der Waals surface area contributed by atoms with Gasteiger partial charge in [-0.05, 0) is 48.9 Å². The van der Waals surface area contributed by atoms with Gasteiger partial charge >= 0.3 is 0 Å². The minimum Gasteiger partial charge on any atom is -0.271 e. The number of nitrogens with zero attached hydrogens (tertiary/aromatic N) is 3. The first-order valence-electron chi connectivity index (χ1n) is 9.71. The quantitative estimate of drug-likeness (QED) is 0.263. The van der Waals surface area contributed by atoms with Crippen LogP contribution in [0.4, 0.5) is 11.4 Å². The average Bonchev–Trinajstić information content (AvgIpc) is 2.83. The maximum Gasteiger partial charge on any atom is 0.269 e. The monoisotopic (exact) mass is 520 g/mol. The molecule has 3 aromatic rings. The molecule has 1 N–H and O–H groups in total. The van der Waals surface area contributed by atoms with Crippen molar-refractivity contribution < 1.29 is 18.1 Å². The molecule has 0 saturated carbocycles. The minimum atomic E-state index is -4.17. The smallest absolute Gasteiger partial charge is 0.269 e. The number of sulfonamides is 1. The Hall–Kier alpha value is -3.47. The van der Waals surface area contributed by atoms with Crippen molar-refractivity contribution in [2.45, 2.75) is 11.8 Å². The van der Waals surface area contributed by atoms with E-state index in [1.165, 1.54) is 54.6 Å². The molecule has 0 fully saturated rings. The zero-order valence-electron chi connectivity index (χ0n) is 17.7. The molecule has 3 rings (SSSR count). The molecule has 0 radical (unpaired) electrons. The Morgan fingerprint density at radius 3 is 2.29 bits per heavy atom. The van der Waals surface area contributed by atoms with Crippen LogP contribution in [0.1, 0.15) is 12.5 Å². The number of carbonyl (C=O) groups is 1. The van der Waals surface area contributed by atoms with Crippen molar-refractivity contribution >= 4 is 56.2 Å². The number of hydrogen-bond acceptors (Lipinski definition) is 6. The molecular weight excluding hydrogens is 503 g/mol. The first kappa shape index (κ1) is 25.2. The van der Waals surface area contributed by atoms with Crippen molar-refractivity contribution in [1.29, 1.82) is 0 Å². The fourth-order valence-corrected chi connectivity index (χ4v) is 4.81. The lowest BCUT2D eigenvalue weighted by molar-refractivity contribution is -0.384. The second-order valence-corrected chi connectivity index (χ2v) is 9.58. The van der Waals surface area contributed by atoms with Gasteiger partial charge in [0.05, 0.1) is 31.3 Å². The standard InChI is InChI=1S/C22H18Cl2N4O5S/c1-15(16-10-12-17(13-11-16)28(30)31)25-26-21(29)14-27(20-9-5-8-19(23)22(20)24)34(32,33)18-6-3-2-4-7-18/h2-13H,14H2,1H3,(H,26,29)/b25-15-. The maximum atomic E-state index is 13.3. The topological polar surface area (TPSA) is 122 Å². The number of benzene rings is 3. The molecule has 3 aromatic carbocycles. The summed E-state index contributed by atoms with van der Waals surface area (Å²) < 4.78 is 27.5. The summed E-state index contributed by atoms with van der Waals surface area (Å²) in [7, 11) is -4.17. The van der Waals surface area contributed by atoms with Gasteiger partial charge in [-0.3, -0.25) is 19.2 Å². The molecule has 12 heteroatoms. The number of carbonyl (C=O) groups excluding carboxylic acids is 1. The average molecular weight is 521 g/mol. The highest BCUT2D eigenvalue weighted by Crippen LogP contribution is 2.35. The van der Waals surface area contributed by atoms with Crippen LogP contribution in [0.15, 0.2) is 82.8 Å². The summed E-state index contributed by atoms with van der Waals surface area (Å²) in [5.74, 6) is -0.739. The first-order chi connectivity index (χ1) is 16.1. The van der Waals surface area contributed by atoms with E-state index < -0.39 is 27.4 Å². The molecule has 0 unspecified atom stereocenters. The van der Waals surface area contributed by atoms with Crippen molar-refractivity contribution in [2.75, 3.05) is 10.8 Å². The molecule has 0 aromatic heterocycles. The predicted molar refractivity (Wildman–Crippen MR) is 131 cm³/mol. The Kier molecular flexibility index (Phi) is 7.87. The van der Waals surface area contributed by atoms with Crippen LogP contribution >= 0.6 is 23.2 Å². The first-order valence-corrected chi connectivity index (χ1v) is 11.9. The molecule has 0 aliphatic rings. The minimum absolute atomic E-state index is 0.0259. The van der Waals surface area contributed by atoms with E-state index >= 15 is 0 Å². The number of nitro benzene ring substituents is 1. The number of anilines is 1. The summed E-state index contributed by atoms with van der Waals surface area (Å²) in [6.07, 6.45) is 0. The van der Waals surface area contributed by atoms with E-state index in [9.17, 15) is 23.3 Å². The van der Waals surface area contributed by atoms with Crippen LogP contribution in [0, 0.1) is 10.1 Å². The zero-order valence-corrected chi connectivity index (χ0v) is 20.0. The molecule has 34 heavy (non-hydrogen) atoms. The summed E-state index contributed by atoms with van der Waals surface area (Å²) in [5.41, 5.74) is 3.16. The van der Waals surface area contributed by atoms with Crippen LogP contribution < -0.4 is 9.73 Å². The van der Waals surface area contributed by atoms with Crippen molar-refractivity contribution in [1.82, 2.24) is 5.43 Å². The number of hydrazone groups is 1. The van der Waals surface area contributed by atoms with Crippen molar-refractivity contribution in [3.8, 4) is 0 Å². The molecule has 0 saturated heterocycles. The van der Waals surface area contributed by atoms with Crippen molar-refractivity contribution in [3.05, 3.63) is 98.5 Å². The maximum absolute atomic E-state index is 13.3. The van der Waals surface area contributed by atoms with Gasteiger partial charge in [-0.15, -0.1) is 0 Å². The fourth-order valence-electron chi connectivity index (χ4n) is 2.91. The van der Waals surface area contributed by atoms with E-state index in [0.717, 1.165) is 4.31 Å². The Labute approximate surface area is 205 Å². The number of nitrogens with one attached hydrogen (secondary N) is 1. The number of halogens is 2. The molecule has 0 bridgehead atoms. The van der Waals surface area contributed by atoms with Crippen LogP contribution in [0.2, 0.25) is 10.0 Å². The van der Waals surface area contributed by atoms with Gasteiger partial charge in [0, 0.05) is 12.1 Å². The molecular formula is C22H18Cl2N4O5S. The lowest BCUT2D eigenvalue weighted by Crippen LogP contribution is -2.40. The van der Waals surface area contributed by atoms with Crippen LogP contribution in [-0.4, -0.2) is 31.5 Å². The lowest BCUT2D eigenvalue weighted by atomic mass is 10.1. The van der Waals surface area contributed by atoms with E-state index in [-0.39, 0.29) is 26.3 Å². The molecule has 0 atom stereocenters. The normalized spacial score (nSPS) is 11.7. The molecule has 0 spiro atoms. The Balaban J connectivity index is 1.87. The second-order valence-electron chi connectivity index (χ2n) is 6.93. The van der Waals surface area contributed by atoms with E-state index in [1.54, 1.807) is 25.1 Å². The Morgan fingerprint density at radius 1 is 1.03 bits per heavy atom. The second kappa shape index (κ2) is 10.6. The largest absolute Gasteiger partial charge is 0.271 e. The SMILES string of the molecule is C/C(=N/NC(=O)CN(c1cccc(Cl)c1Cl)S(=O)(=O)c1ccccc1)c1ccc([N+](=O)[O-])cc1. The Morgan fingerprint density at radius 2 is 1.68 bits per heavy atom. The molecule has 9 nitrogen and oxygen atoms in total. The third kappa shape index (κ3) is 5.71. The van der Waals surface area contributed by atoms with Crippen LogP contribution in [-0.2, 0) is 14.8 Å². The third-order valence-corrected chi connectivity index (χ3v) is 7.25. The van der Waals surface area contributed by atoms with Gasteiger partial charge in [0.25, 0.3) is 21.6 Å². The van der Waals surface area contributed by atoms with E-state index in [2.05, 4.69) is 10.5 Å². The van der Waals surface area contributed by atoms with Gasteiger partial charge < -0.3 is 0 Å². The summed E-state index contributed by atoms with van der Waals surface area (Å²) in [5, 5.41) is 14.9. The summed E-state index contributed by atoms with van der Waals surface area (Å²) in [6, 6.07) is 17.6. The highest BCUT2D eigenvalue weighted by Gasteiger charge is 2.29. The molecule has 0 heterocycles. The number of nitro groups is 1. The lowest BCUT2D eigenvalue weighted by Gasteiger charge is -2.25. The number of rotatable bonds is 8. The highest BCUT2D eigenvalue weighted by molar-refractivity contribution is 7.92. The van der Waals surface area contributed by atoms with Gasteiger partial charge in [-0.1, -0.05) is 47.5 Å². The number of amides is 1. The number of hydrogen-bond donors (Lipinski definition) is 1. The molecule has 0 aliphatic heterocycles. The predicted octanol–water partition coefficient (Wildman–Crippen LogP) is 4.64. The fraction of sp³-hybridized carbons (Fsp3) is 0.0909. The highest BCUT2D eigenvalue weighted by atomic mass is 35.5.